The van der Waals surface area contributed by atoms with E-state index in [2.05, 4.69) is 59.3 Å². The Morgan fingerprint density at radius 2 is 1.72 bits per heavy atom. The van der Waals surface area contributed by atoms with Gasteiger partial charge in [0.05, 0.1) is 11.1 Å². The number of para-hydroxylation sites is 1. The lowest BCUT2D eigenvalue weighted by Crippen LogP contribution is -2.47. The topological polar surface area (TPSA) is 87.1 Å². The van der Waals surface area contributed by atoms with E-state index in [4.69, 9.17) is 11.6 Å². The predicted octanol–water partition coefficient (Wildman–Crippen LogP) is 5.09. The van der Waals surface area contributed by atoms with E-state index in [1.807, 2.05) is 32.0 Å². The van der Waals surface area contributed by atoms with Crippen molar-refractivity contribution in [1.29, 1.82) is 0 Å². The number of hydrogen-bond donors (Lipinski definition) is 1. The monoisotopic (exact) mass is 519 g/mol. The number of carbonyl (C=O) groups is 1. The van der Waals surface area contributed by atoms with Gasteiger partial charge in [0, 0.05) is 43.3 Å². The molecule has 36 heavy (non-hydrogen) atoms. The van der Waals surface area contributed by atoms with E-state index in [1.54, 1.807) is 12.3 Å². The van der Waals surface area contributed by atoms with E-state index in [-0.39, 0.29) is 12.2 Å². The standard InChI is InChI=1S/C26H26ClN7OS/c1-17-7-6-10-21(27)20(17)15-22(35)23-16-28-26(36-23)32-24-29-18(2)30-25(31-24)34-13-11-33(12-14-34)19-8-4-3-5-9-19/h3-10,16H,11-15H2,1-2H3,(H,28,29,30,31,32). The van der Waals surface area contributed by atoms with Crippen LogP contribution in [0.25, 0.3) is 0 Å². The number of anilines is 4. The van der Waals surface area contributed by atoms with Crippen molar-refractivity contribution in [2.45, 2.75) is 20.3 Å². The van der Waals surface area contributed by atoms with Gasteiger partial charge in [-0.3, -0.25) is 10.1 Å². The zero-order chi connectivity index (χ0) is 25.1. The van der Waals surface area contributed by atoms with Crippen molar-refractivity contribution in [2.24, 2.45) is 0 Å². The summed E-state index contributed by atoms with van der Waals surface area (Å²) >= 11 is 7.58. The fourth-order valence-corrected chi connectivity index (χ4v) is 5.20. The molecule has 1 fully saturated rings. The van der Waals surface area contributed by atoms with Crippen LogP contribution in [0.15, 0.2) is 54.7 Å². The minimum atomic E-state index is -0.0273. The van der Waals surface area contributed by atoms with Gasteiger partial charge in [0.15, 0.2) is 10.9 Å². The molecular formula is C26H26ClN7OS. The minimum absolute atomic E-state index is 0.0273. The van der Waals surface area contributed by atoms with Gasteiger partial charge in [0.2, 0.25) is 11.9 Å². The van der Waals surface area contributed by atoms with E-state index in [0.717, 1.165) is 37.3 Å². The van der Waals surface area contributed by atoms with Crippen molar-refractivity contribution < 1.29 is 4.79 Å². The third kappa shape index (κ3) is 5.47. The van der Waals surface area contributed by atoms with Crippen LogP contribution in [-0.4, -0.2) is 51.9 Å². The van der Waals surface area contributed by atoms with Crippen molar-refractivity contribution in [3.63, 3.8) is 0 Å². The molecule has 0 saturated carbocycles. The number of halogens is 1. The molecule has 2 aromatic heterocycles. The number of aryl methyl sites for hydroxylation is 2. The molecule has 3 heterocycles. The number of hydrogen-bond acceptors (Lipinski definition) is 9. The Balaban J connectivity index is 1.25. The predicted molar refractivity (Wildman–Crippen MR) is 145 cm³/mol. The number of thiazole rings is 1. The van der Waals surface area contributed by atoms with Gasteiger partial charge in [-0.05, 0) is 43.2 Å². The summed E-state index contributed by atoms with van der Waals surface area (Å²) in [5.41, 5.74) is 3.07. The Bertz CT molecular complexity index is 1350. The van der Waals surface area contributed by atoms with Crippen LogP contribution < -0.4 is 15.1 Å². The third-order valence-electron chi connectivity index (χ3n) is 6.11. The first-order valence-corrected chi connectivity index (χ1v) is 12.9. The van der Waals surface area contributed by atoms with E-state index in [0.29, 0.717) is 32.8 Å². The van der Waals surface area contributed by atoms with Crippen molar-refractivity contribution in [1.82, 2.24) is 19.9 Å². The molecule has 0 unspecified atom stereocenters. The number of nitrogens with zero attached hydrogens (tertiary/aromatic N) is 6. The first-order valence-electron chi connectivity index (χ1n) is 11.7. The van der Waals surface area contributed by atoms with Gasteiger partial charge in [-0.2, -0.15) is 15.0 Å². The normalized spacial score (nSPS) is 13.6. The molecule has 1 N–H and O–H groups in total. The SMILES string of the molecule is Cc1nc(Nc2ncc(C(=O)Cc3c(C)cccc3Cl)s2)nc(N2CCN(c3ccccc3)CC2)n1. The highest BCUT2D eigenvalue weighted by atomic mass is 35.5. The highest BCUT2D eigenvalue weighted by Gasteiger charge is 2.21. The van der Waals surface area contributed by atoms with Gasteiger partial charge in [0.25, 0.3) is 0 Å². The number of rotatable bonds is 7. The number of piperazine rings is 1. The molecule has 0 spiro atoms. The highest BCUT2D eigenvalue weighted by Crippen LogP contribution is 2.26. The molecule has 0 amide bonds. The van der Waals surface area contributed by atoms with Crippen LogP contribution in [0, 0.1) is 13.8 Å². The van der Waals surface area contributed by atoms with Gasteiger partial charge in [-0.15, -0.1) is 0 Å². The van der Waals surface area contributed by atoms with Crippen LogP contribution in [0.1, 0.15) is 26.6 Å². The minimum Gasteiger partial charge on any atom is -0.368 e. The van der Waals surface area contributed by atoms with E-state index in [1.165, 1.54) is 17.0 Å². The lowest BCUT2D eigenvalue weighted by molar-refractivity contribution is 0.0996. The Morgan fingerprint density at radius 3 is 2.47 bits per heavy atom. The van der Waals surface area contributed by atoms with Crippen molar-refractivity contribution in [3.05, 3.63) is 81.6 Å². The Kier molecular flexibility index (Phi) is 7.11. The molecular weight excluding hydrogens is 494 g/mol. The number of carbonyl (C=O) groups excluding carboxylic acids is 1. The molecule has 1 aliphatic rings. The third-order valence-corrected chi connectivity index (χ3v) is 7.42. The summed E-state index contributed by atoms with van der Waals surface area (Å²) in [4.78, 5) is 35.9. The van der Waals surface area contributed by atoms with Crippen LogP contribution in [-0.2, 0) is 6.42 Å². The fourth-order valence-electron chi connectivity index (χ4n) is 4.16. The number of nitrogens with one attached hydrogen (secondary N) is 1. The average molecular weight is 520 g/mol. The van der Waals surface area contributed by atoms with Crippen molar-refractivity contribution in [2.75, 3.05) is 41.3 Å². The van der Waals surface area contributed by atoms with Crippen LogP contribution in [0.5, 0.6) is 0 Å². The van der Waals surface area contributed by atoms with Crippen LogP contribution in [0.4, 0.5) is 22.7 Å². The summed E-state index contributed by atoms with van der Waals surface area (Å²) in [5, 5.41) is 4.31. The summed E-state index contributed by atoms with van der Waals surface area (Å²) in [7, 11) is 0. The number of Topliss-reactive ketones (excluding diaryl/α,β-unsaturated/α-hetero) is 1. The Morgan fingerprint density at radius 1 is 0.972 bits per heavy atom. The first-order chi connectivity index (χ1) is 17.5. The van der Waals surface area contributed by atoms with Gasteiger partial charge in [-0.25, -0.2) is 4.98 Å². The fraction of sp³-hybridized carbons (Fsp3) is 0.269. The lowest BCUT2D eigenvalue weighted by Gasteiger charge is -2.36. The smallest absolute Gasteiger partial charge is 0.234 e. The van der Waals surface area contributed by atoms with Gasteiger partial charge in [-0.1, -0.05) is 53.3 Å². The highest BCUT2D eigenvalue weighted by molar-refractivity contribution is 7.17. The second-order valence-corrected chi connectivity index (χ2v) is 10.0. The molecule has 0 bridgehead atoms. The zero-order valence-electron chi connectivity index (χ0n) is 20.1. The lowest BCUT2D eigenvalue weighted by atomic mass is 10.0. The van der Waals surface area contributed by atoms with Gasteiger partial charge in [0.1, 0.15) is 5.82 Å². The molecule has 4 aromatic rings. The zero-order valence-corrected chi connectivity index (χ0v) is 21.7. The maximum Gasteiger partial charge on any atom is 0.234 e. The molecule has 2 aromatic carbocycles. The number of aromatic nitrogens is 4. The summed E-state index contributed by atoms with van der Waals surface area (Å²) in [5.74, 6) is 1.65. The largest absolute Gasteiger partial charge is 0.368 e. The maximum absolute atomic E-state index is 12.9. The van der Waals surface area contributed by atoms with E-state index in [9.17, 15) is 4.79 Å². The van der Waals surface area contributed by atoms with Crippen molar-refractivity contribution >= 4 is 51.4 Å². The molecule has 1 saturated heterocycles. The summed E-state index contributed by atoms with van der Waals surface area (Å²) in [6.07, 6.45) is 1.82. The second-order valence-electron chi connectivity index (χ2n) is 8.61. The molecule has 0 radical (unpaired) electrons. The second kappa shape index (κ2) is 10.6. The van der Waals surface area contributed by atoms with Crippen LogP contribution in [0.3, 0.4) is 0 Å². The van der Waals surface area contributed by atoms with Crippen LogP contribution >= 0.6 is 22.9 Å². The Labute approximate surface area is 219 Å². The maximum atomic E-state index is 12.9. The first kappa shape index (κ1) is 24.1. The van der Waals surface area contributed by atoms with E-state index < -0.39 is 0 Å². The van der Waals surface area contributed by atoms with E-state index >= 15 is 0 Å². The number of benzene rings is 2. The van der Waals surface area contributed by atoms with Gasteiger partial charge >= 0.3 is 0 Å². The molecule has 8 nitrogen and oxygen atoms in total. The summed E-state index contributed by atoms with van der Waals surface area (Å²) in [6.45, 7) is 7.21. The van der Waals surface area contributed by atoms with Gasteiger partial charge < -0.3 is 9.80 Å². The average Bonchev–Trinajstić information content (AvgIpc) is 3.35. The summed E-state index contributed by atoms with van der Waals surface area (Å²) < 4.78 is 0. The summed E-state index contributed by atoms with van der Waals surface area (Å²) in [6, 6.07) is 16.1. The molecule has 10 heteroatoms. The molecule has 0 aliphatic carbocycles. The number of ketones is 1. The Hall–Kier alpha value is -3.56. The van der Waals surface area contributed by atoms with Crippen LogP contribution in [0.2, 0.25) is 5.02 Å². The molecule has 184 valence electrons. The molecule has 1 aliphatic heterocycles. The van der Waals surface area contributed by atoms with Crippen molar-refractivity contribution in [3.8, 4) is 0 Å². The molecule has 0 atom stereocenters. The quantitative estimate of drug-likeness (QED) is 0.338. The molecule has 5 rings (SSSR count).